The Labute approximate surface area is 211 Å². The number of nitrogens with two attached hydrogens (primary N) is 1. The fraction of sp³-hybridized carbons (Fsp3) is 0.148. The van der Waals surface area contributed by atoms with E-state index < -0.39 is 5.82 Å². The van der Waals surface area contributed by atoms with Crippen molar-refractivity contribution in [3.8, 4) is 46.5 Å². The number of halogens is 1. The Morgan fingerprint density at radius 3 is 2.68 bits per heavy atom. The summed E-state index contributed by atoms with van der Waals surface area (Å²) in [5.74, 6) is 2.10. The van der Waals surface area contributed by atoms with Crippen LogP contribution in [-0.4, -0.2) is 41.2 Å². The molecular formula is C27H22FN7O2. The molecule has 10 heteroatoms. The second kappa shape index (κ2) is 9.64. The number of nitrogens with zero attached hydrogens (tertiary/aromatic N) is 6. The molecule has 9 nitrogen and oxygen atoms in total. The molecule has 0 aliphatic heterocycles. The SMILES string of the molecule is C#Cc1cc(C)c(-c2c(-c3ccc(Oc4nccc(C)n4)c(F)c3)c3c(N)ncnc3n2CCO)cn1. The van der Waals surface area contributed by atoms with Gasteiger partial charge in [-0.1, -0.05) is 12.0 Å². The van der Waals surface area contributed by atoms with Gasteiger partial charge in [0.1, 0.15) is 23.5 Å². The highest BCUT2D eigenvalue weighted by Gasteiger charge is 2.25. The number of rotatable bonds is 6. The van der Waals surface area contributed by atoms with E-state index in [1.807, 2.05) is 11.5 Å². The highest BCUT2D eigenvalue weighted by Crippen LogP contribution is 2.43. The van der Waals surface area contributed by atoms with Crippen LogP contribution in [0.25, 0.3) is 33.4 Å². The molecule has 4 heterocycles. The van der Waals surface area contributed by atoms with Crippen LogP contribution in [0.3, 0.4) is 0 Å². The van der Waals surface area contributed by atoms with Crippen LogP contribution in [0.1, 0.15) is 17.0 Å². The molecule has 0 saturated heterocycles. The molecule has 0 bridgehead atoms. The summed E-state index contributed by atoms with van der Waals surface area (Å²) in [6, 6.07) is 8.10. The molecule has 0 saturated carbocycles. The fourth-order valence-electron chi connectivity index (χ4n) is 4.27. The summed E-state index contributed by atoms with van der Waals surface area (Å²) in [6.45, 7) is 3.74. The number of ether oxygens (including phenoxy) is 1. The van der Waals surface area contributed by atoms with Gasteiger partial charge in [-0.05, 0) is 49.2 Å². The van der Waals surface area contributed by atoms with Crippen molar-refractivity contribution in [1.29, 1.82) is 0 Å². The maximum Gasteiger partial charge on any atom is 0.322 e. The van der Waals surface area contributed by atoms with Crippen LogP contribution < -0.4 is 10.5 Å². The quantitative estimate of drug-likeness (QED) is 0.338. The predicted octanol–water partition coefficient (Wildman–Crippen LogP) is 4.05. The summed E-state index contributed by atoms with van der Waals surface area (Å²) in [5.41, 5.74) is 11.3. The molecular weight excluding hydrogens is 473 g/mol. The third-order valence-corrected chi connectivity index (χ3v) is 5.90. The van der Waals surface area contributed by atoms with Crippen LogP contribution in [0.4, 0.5) is 10.2 Å². The van der Waals surface area contributed by atoms with Crippen molar-refractivity contribution in [1.82, 2.24) is 29.5 Å². The van der Waals surface area contributed by atoms with Crippen LogP contribution in [0.2, 0.25) is 0 Å². The van der Waals surface area contributed by atoms with E-state index >= 15 is 4.39 Å². The van der Waals surface area contributed by atoms with E-state index in [-0.39, 0.29) is 30.7 Å². The molecule has 0 spiro atoms. The molecule has 4 aromatic heterocycles. The Balaban J connectivity index is 1.75. The van der Waals surface area contributed by atoms with Gasteiger partial charge in [0.15, 0.2) is 11.6 Å². The van der Waals surface area contributed by atoms with Crippen LogP contribution in [0.5, 0.6) is 11.8 Å². The average Bonchev–Trinajstić information content (AvgIpc) is 3.20. The van der Waals surface area contributed by atoms with Gasteiger partial charge < -0.3 is 20.1 Å². The number of aryl methyl sites for hydroxylation is 2. The van der Waals surface area contributed by atoms with Crippen molar-refractivity contribution in [2.45, 2.75) is 20.4 Å². The van der Waals surface area contributed by atoms with E-state index in [1.54, 1.807) is 31.3 Å². The lowest BCUT2D eigenvalue weighted by atomic mass is 9.97. The smallest absolute Gasteiger partial charge is 0.322 e. The van der Waals surface area contributed by atoms with Crippen molar-refractivity contribution >= 4 is 16.9 Å². The van der Waals surface area contributed by atoms with Crippen LogP contribution in [-0.2, 0) is 6.54 Å². The largest absolute Gasteiger partial charge is 0.421 e. The van der Waals surface area contributed by atoms with Gasteiger partial charge in [0.05, 0.1) is 17.7 Å². The monoisotopic (exact) mass is 495 g/mol. The molecule has 1 aromatic carbocycles. The Morgan fingerprint density at radius 2 is 1.97 bits per heavy atom. The number of terminal acetylenes is 1. The zero-order valence-electron chi connectivity index (χ0n) is 20.1. The fourth-order valence-corrected chi connectivity index (χ4v) is 4.27. The standard InChI is InChI=1S/C27H22FN7O2/c1-4-18-11-15(2)19(13-31-18)24-22(23-25(29)32-14-33-26(23)35(24)9-10-36)17-5-6-21(20(28)12-17)37-27-30-8-7-16(3)34-27/h1,5-8,11-14,36H,9-10H2,2-3H3,(H2,29,32,33). The number of fused-ring (bicyclic) bond motifs is 1. The second-order valence-corrected chi connectivity index (χ2v) is 8.31. The van der Waals surface area contributed by atoms with Gasteiger partial charge >= 0.3 is 6.01 Å². The average molecular weight is 496 g/mol. The topological polar surface area (TPSA) is 125 Å². The minimum Gasteiger partial charge on any atom is -0.421 e. The minimum atomic E-state index is -0.621. The first kappa shape index (κ1) is 23.8. The number of aliphatic hydroxyl groups excluding tert-OH is 1. The Morgan fingerprint density at radius 1 is 1.14 bits per heavy atom. The number of aliphatic hydroxyl groups is 1. The van der Waals surface area contributed by atoms with Gasteiger partial charge in [-0.25, -0.2) is 29.3 Å². The van der Waals surface area contributed by atoms with Crippen molar-refractivity contribution in [2.24, 2.45) is 0 Å². The molecule has 0 aliphatic rings. The lowest BCUT2D eigenvalue weighted by molar-refractivity contribution is 0.278. The lowest BCUT2D eigenvalue weighted by Crippen LogP contribution is -2.06. The number of pyridine rings is 1. The molecule has 3 N–H and O–H groups in total. The van der Waals surface area contributed by atoms with Crippen molar-refractivity contribution in [3.05, 3.63) is 71.8 Å². The molecule has 5 aromatic rings. The molecule has 37 heavy (non-hydrogen) atoms. The van der Waals surface area contributed by atoms with E-state index in [0.29, 0.717) is 39.2 Å². The lowest BCUT2D eigenvalue weighted by Gasteiger charge is -2.14. The maximum atomic E-state index is 15.4. The number of aromatic nitrogens is 6. The van der Waals surface area contributed by atoms with E-state index in [9.17, 15) is 5.11 Å². The summed E-state index contributed by atoms with van der Waals surface area (Å²) in [4.78, 5) is 21.2. The number of nitrogen functional groups attached to an aromatic ring is 1. The minimum absolute atomic E-state index is 0.0320. The van der Waals surface area contributed by atoms with Gasteiger partial charge in [0, 0.05) is 35.8 Å². The van der Waals surface area contributed by atoms with Gasteiger partial charge in [-0.2, -0.15) is 0 Å². The molecule has 0 fully saturated rings. The number of benzene rings is 1. The van der Waals surface area contributed by atoms with Gasteiger partial charge in [-0.3, -0.25) is 0 Å². The highest BCUT2D eigenvalue weighted by atomic mass is 19.1. The van der Waals surface area contributed by atoms with E-state index in [4.69, 9.17) is 16.9 Å². The number of hydrogen-bond acceptors (Lipinski definition) is 8. The van der Waals surface area contributed by atoms with Crippen molar-refractivity contribution in [2.75, 3.05) is 12.3 Å². The molecule has 0 radical (unpaired) electrons. The molecule has 184 valence electrons. The summed E-state index contributed by atoms with van der Waals surface area (Å²) in [7, 11) is 0. The molecule has 0 aliphatic carbocycles. The van der Waals surface area contributed by atoms with E-state index in [0.717, 1.165) is 11.1 Å². The van der Waals surface area contributed by atoms with E-state index in [1.165, 1.54) is 24.7 Å². The van der Waals surface area contributed by atoms with Gasteiger partial charge in [0.25, 0.3) is 0 Å². The van der Waals surface area contributed by atoms with E-state index in [2.05, 4.69) is 30.8 Å². The molecule has 0 unspecified atom stereocenters. The molecule has 0 atom stereocenters. The summed E-state index contributed by atoms with van der Waals surface area (Å²) >= 11 is 0. The van der Waals surface area contributed by atoms with Crippen LogP contribution >= 0.6 is 0 Å². The molecule has 5 rings (SSSR count). The van der Waals surface area contributed by atoms with Gasteiger partial charge in [0.2, 0.25) is 0 Å². The summed E-state index contributed by atoms with van der Waals surface area (Å²) in [5, 5.41) is 10.4. The molecule has 0 amide bonds. The summed E-state index contributed by atoms with van der Waals surface area (Å²) in [6.07, 6.45) is 10.1. The first-order valence-corrected chi connectivity index (χ1v) is 11.4. The number of hydrogen-bond donors (Lipinski definition) is 2. The van der Waals surface area contributed by atoms with Crippen LogP contribution in [0, 0.1) is 32.0 Å². The first-order valence-electron chi connectivity index (χ1n) is 11.4. The van der Waals surface area contributed by atoms with Gasteiger partial charge in [-0.15, -0.1) is 6.42 Å². The first-order chi connectivity index (χ1) is 17.9. The third-order valence-electron chi connectivity index (χ3n) is 5.90. The Hall–Kier alpha value is -4.88. The Kier molecular flexibility index (Phi) is 6.21. The zero-order chi connectivity index (χ0) is 26.1. The van der Waals surface area contributed by atoms with Crippen LogP contribution in [0.15, 0.2) is 49.1 Å². The van der Waals surface area contributed by atoms with Crippen molar-refractivity contribution in [3.63, 3.8) is 0 Å². The second-order valence-electron chi connectivity index (χ2n) is 8.31. The Bertz CT molecular complexity index is 1690. The van der Waals surface area contributed by atoms with Crippen molar-refractivity contribution < 1.29 is 14.2 Å². The summed E-state index contributed by atoms with van der Waals surface area (Å²) < 4.78 is 22.8. The number of anilines is 1. The third kappa shape index (κ3) is 4.32. The highest BCUT2D eigenvalue weighted by molar-refractivity contribution is 6.08. The zero-order valence-corrected chi connectivity index (χ0v) is 20.1. The predicted molar refractivity (Wildman–Crippen MR) is 137 cm³/mol. The maximum absolute atomic E-state index is 15.4. The normalized spacial score (nSPS) is 11.0.